The first-order valence-corrected chi connectivity index (χ1v) is 10.4. The lowest BCUT2D eigenvalue weighted by molar-refractivity contribution is 0.400. The Morgan fingerprint density at radius 1 is 0.789 bits per heavy atom. The van der Waals surface area contributed by atoms with E-state index in [2.05, 4.69) is 74.2 Å². The van der Waals surface area contributed by atoms with E-state index in [1.807, 2.05) is 0 Å². The fraction of sp³-hybridized carbons (Fsp3) is 0.294. The number of ether oxygens (including phenoxy) is 1. The summed E-state index contributed by atoms with van der Waals surface area (Å²) in [6.45, 7) is 7.11. The van der Waals surface area contributed by atoms with Crippen LogP contribution in [0, 0.1) is 0 Å². The summed E-state index contributed by atoms with van der Waals surface area (Å²) in [5.41, 5.74) is 4.37. The van der Waals surface area contributed by atoms with Gasteiger partial charge in [0.25, 0.3) is 0 Å². The minimum absolute atomic E-state index is 0.344. The molecule has 2 atom stereocenters. The first kappa shape index (κ1) is 12.6. The Bertz CT molecular complexity index is 554. The first-order valence-electron chi connectivity index (χ1n) is 6.86. The Hall–Kier alpha value is -1.38. The third-order valence-corrected chi connectivity index (χ3v) is 5.84. The molecular weight excluding hydrogens is 248 g/mol. The molecule has 0 saturated carbocycles. The highest BCUT2D eigenvalue weighted by atomic mass is 28.3. The number of hydrogen-bond acceptors (Lipinski definition) is 1. The minimum Gasteiger partial charge on any atom is -0.368 e. The molecule has 1 fully saturated rings. The van der Waals surface area contributed by atoms with Crippen molar-refractivity contribution in [1.82, 2.24) is 0 Å². The lowest BCUT2D eigenvalue weighted by atomic mass is 10.0. The fourth-order valence-electron chi connectivity index (χ4n) is 2.52. The van der Waals surface area contributed by atoms with Crippen molar-refractivity contribution >= 4 is 8.07 Å². The van der Waals surface area contributed by atoms with Gasteiger partial charge in [0.05, 0.1) is 13.8 Å². The van der Waals surface area contributed by atoms with Crippen molar-refractivity contribution in [2.75, 3.05) is 0 Å². The van der Waals surface area contributed by atoms with Gasteiger partial charge in [0.1, 0.15) is 6.10 Å². The highest BCUT2D eigenvalue weighted by molar-refractivity contribution is 6.78. The van der Waals surface area contributed by atoms with E-state index < -0.39 is 8.07 Å². The molecule has 2 heteroatoms. The predicted octanol–water partition coefficient (Wildman–Crippen LogP) is 4.67. The van der Waals surface area contributed by atoms with E-state index >= 15 is 0 Å². The maximum Gasteiger partial charge on any atom is 0.106 e. The molecule has 1 nitrogen and oxygen atoms in total. The third kappa shape index (κ3) is 2.65. The largest absolute Gasteiger partial charge is 0.368 e. The van der Waals surface area contributed by atoms with Crippen LogP contribution in [0.5, 0.6) is 0 Å². The van der Waals surface area contributed by atoms with Crippen LogP contribution in [0.4, 0.5) is 0 Å². The Morgan fingerprint density at radius 2 is 1.37 bits per heavy atom. The first-order chi connectivity index (χ1) is 9.05. The molecule has 0 aliphatic carbocycles. The van der Waals surface area contributed by atoms with Gasteiger partial charge in [0, 0.05) is 0 Å². The Kier molecular flexibility index (Phi) is 3.07. The smallest absolute Gasteiger partial charge is 0.106 e. The van der Waals surface area contributed by atoms with Crippen LogP contribution in [0.2, 0.25) is 19.6 Å². The second kappa shape index (κ2) is 4.62. The van der Waals surface area contributed by atoms with Gasteiger partial charge in [-0.3, -0.25) is 0 Å². The van der Waals surface area contributed by atoms with E-state index in [9.17, 15) is 0 Å². The zero-order valence-electron chi connectivity index (χ0n) is 11.8. The molecule has 0 N–H and O–H groups in total. The molecule has 1 saturated heterocycles. The van der Waals surface area contributed by atoms with Crippen molar-refractivity contribution in [2.24, 2.45) is 0 Å². The van der Waals surface area contributed by atoms with Crippen LogP contribution < -0.4 is 0 Å². The number of epoxide rings is 1. The molecule has 1 heterocycles. The summed E-state index contributed by atoms with van der Waals surface area (Å²) >= 11 is 0. The van der Waals surface area contributed by atoms with Gasteiger partial charge in [-0.25, -0.2) is 0 Å². The van der Waals surface area contributed by atoms with Crippen LogP contribution >= 0.6 is 0 Å². The van der Waals surface area contributed by atoms with Crippen molar-refractivity contribution in [1.29, 1.82) is 0 Å². The van der Waals surface area contributed by atoms with Gasteiger partial charge in [-0.2, -0.15) is 0 Å². The van der Waals surface area contributed by atoms with E-state index in [1.165, 1.54) is 16.7 Å². The highest BCUT2D eigenvalue weighted by Crippen LogP contribution is 2.44. The van der Waals surface area contributed by atoms with E-state index in [4.69, 9.17) is 4.74 Å². The maximum atomic E-state index is 5.87. The summed E-state index contributed by atoms with van der Waals surface area (Å²) in [6.07, 6.45) is 0.344. The third-order valence-electron chi connectivity index (χ3n) is 3.69. The molecule has 0 unspecified atom stereocenters. The summed E-state index contributed by atoms with van der Waals surface area (Å²) in [7, 11) is -1.17. The van der Waals surface area contributed by atoms with E-state index in [0.717, 1.165) is 0 Å². The summed E-state index contributed by atoms with van der Waals surface area (Å²) in [6, 6.07) is 19.3. The van der Waals surface area contributed by atoms with Crippen molar-refractivity contribution in [3.8, 4) is 11.1 Å². The van der Waals surface area contributed by atoms with Crippen LogP contribution in [0.25, 0.3) is 11.1 Å². The molecule has 0 radical (unpaired) electrons. The summed E-state index contributed by atoms with van der Waals surface area (Å²) in [5.74, 6) is 0. The zero-order chi connectivity index (χ0) is 13.5. The van der Waals surface area contributed by atoms with Gasteiger partial charge in [0.2, 0.25) is 0 Å². The van der Waals surface area contributed by atoms with Crippen LogP contribution in [0.15, 0.2) is 54.6 Å². The predicted molar refractivity (Wildman–Crippen MR) is 82.8 cm³/mol. The van der Waals surface area contributed by atoms with Crippen LogP contribution in [-0.2, 0) is 4.74 Å². The molecule has 2 aromatic carbocycles. The lowest BCUT2D eigenvalue weighted by Gasteiger charge is -2.11. The van der Waals surface area contributed by atoms with Crippen molar-refractivity contribution < 1.29 is 4.74 Å². The van der Waals surface area contributed by atoms with Gasteiger partial charge >= 0.3 is 0 Å². The van der Waals surface area contributed by atoms with Crippen LogP contribution in [0.1, 0.15) is 11.7 Å². The SMILES string of the molecule is C[Si](C)(C)[C@H]1O[C@@H]1c1ccc(-c2ccccc2)cc1. The molecule has 0 spiro atoms. The molecule has 0 bridgehead atoms. The summed E-state index contributed by atoms with van der Waals surface area (Å²) in [5, 5.41) is 0. The second-order valence-electron chi connectivity index (χ2n) is 6.33. The topological polar surface area (TPSA) is 12.5 Å². The molecule has 1 aliphatic rings. The molecule has 2 aromatic rings. The highest BCUT2D eigenvalue weighted by Gasteiger charge is 2.48. The van der Waals surface area contributed by atoms with Crippen molar-refractivity contribution in [3.63, 3.8) is 0 Å². The van der Waals surface area contributed by atoms with E-state index in [-0.39, 0.29) is 0 Å². The molecule has 3 rings (SSSR count). The molecule has 98 valence electrons. The average Bonchev–Trinajstić information content (AvgIpc) is 3.20. The van der Waals surface area contributed by atoms with E-state index in [1.54, 1.807) is 0 Å². The van der Waals surface area contributed by atoms with Gasteiger partial charge in [-0.15, -0.1) is 0 Å². The Balaban J connectivity index is 1.78. The number of benzene rings is 2. The van der Waals surface area contributed by atoms with Gasteiger partial charge in [-0.05, 0) is 16.7 Å². The quantitative estimate of drug-likeness (QED) is 0.582. The molecule has 19 heavy (non-hydrogen) atoms. The van der Waals surface area contributed by atoms with Crippen molar-refractivity contribution in [2.45, 2.75) is 31.5 Å². The Labute approximate surface area is 116 Å². The molecule has 1 aliphatic heterocycles. The van der Waals surface area contributed by atoms with Gasteiger partial charge < -0.3 is 4.74 Å². The van der Waals surface area contributed by atoms with Crippen molar-refractivity contribution in [3.05, 3.63) is 60.2 Å². The normalized spacial score (nSPS) is 22.3. The molecular formula is C17H20OSi. The van der Waals surface area contributed by atoms with Gasteiger partial charge in [-0.1, -0.05) is 74.2 Å². The number of hydrogen-bond donors (Lipinski definition) is 0. The Morgan fingerprint density at radius 3 is 1.89 bits per heavy atom. The average molecular weight is 268 g/mol. The minimum atomic E-state index is -1.17. The zero-order valence-corrected chi connectivity index (χ0v) is 12.8. The maximum absolute atomic E-state index is 5.87. The number of rotatable bonds is 3. The monoisotopic (exact) mass is 268 g/mol. The van der Waals surface area contributed by atoms with Gasteiger partial charge in [0.15, 0.2) is 0 Å². The van der Waals surface area contributed by atoms with Crippen LogP contribution in [0.3, 0.4) is 0 Å². The molecule has 0 aromatic heterocycles. The summed E-state index contributed by atoms with van der Waals surface area (Å²) in [4.78, 5) is 0. The van der Waals surface area contributed by atoms with Crippen LogP contribution in [-0.4, -0.2) is 13.8 Å². The van der Waals surface area contributed by atoms with E-state index in [0.29, 0.717) is 11.8 Å². The molecule has 0 amide bonds. The fourth-order valence-corrected chi connectivity index (χ4v) is 4.18. The second-order valence-corrected chi connectivity index (χ2v) is 11.6. The summed E-state index contributed by atoms with van der Waals surface area (Å²) < 4.78 is 5.87. The standard InChI is InChI=1S/C17H20OSi/c1-19(2,3)17-16(18-17)15-11-9-14(10-12-15)13-7-5-4-6-8-13/h4-12,16-17H,1-3H3/t16-,17-/m1/s1. The lowest BCUT2D eigenvalue weighted by Crippen LogP contribution is -2.29.